The van der Waals surface area contributed by atoms with Gasteiger partial charge >= 0.3 is 0 Å². The summed E-state index contributed by atoms with van der Waals surface area (Å²) in [5.41, 5.74) is 2.01. The average Bonchev–Trinajstić information content (AvgIpc) is 2.96. The van der Waals surface area contributed by atoms with Gasteiger partial charge in [0.15, 0.2) is 11.0 Å². The normalized spacial score (nSPS) is 10.8. The Bertz CT molecular complexity index is 829. The fourth-order valence-corrected chi connectivity index (χ4v) is 3.62. The smallest absolute Gasteiger partial charge is 0.192 e. The zero-order valence-electron chi connectivity index (χ0n) is 12.7. The van der Waals surface area contributed by atoms with Crippen LogP contribution >= 0.6 is 35.0 Å². The summed E-state index contributed by atoms with van der Waals surface area (Å²) in [5.74, 6) is 1.50. The summed E-state index contributed by atoms with van der Waals surface area (Å²) in [5, 5.41) is 10.2. The third kappa shape index (κ3) is 3.98. The van der Waals surface area contributed by atoms with Crippen molar-refractivity contribution in [3.8, 4) is 11.4 Å². The fourth-order valence-electron chi connectivity index (χ4n) is 2.24. The van der Waals surface area contributed by atoms with Gasteiger partial charge in [-0.3, -0.25) is 4.57 Å². The van der Waals surface area contributed by atoms with Crippen LogP contribution in [0.5, 0.6) is 0 Å². The lowest BCUT2D eigenvalue weighted by atomic mass is 10.2. The number of hydrogen-bond acceptors (Lipinski definition) is 4. The minimum absolute atomic E-state index is 0.385. The van der Waals surface area contributed by atoms with Crippen molar-refractivity contribution in [2.75, 3.05) is 0 Å². The van der Waals surface area contributed by atoms with Crippen LogP contribution in [0.4, 0.5) is 0 Å². The minimum Gasteiger partial charge on any atom is -0.298 e. The molecule has 24 heavy (non-hydrogen) atoms. The lowest BCUT2D eigenvalue weighted by molar-refractivity contribution is 0.731. The topological polar surface area (TPSA) is 43.6 Å². The molecule has 2 heterocycles. The quantitative estimate of drug-likeness (QED) is 0.340. The molecule has 0 saturated carbocycles. The van der Waals surface area contributed by atoms with Gasteiger partial charge in [-0.25, -0.2) is 4.98 Å². The zero-order chi connectivity index (χ0) is 16.9. The van der Waals surface area contributed by atoms with Crippen molar-refractivity contribution in [2.24, 2.45) is 0 Å². The van der Waals surface area contributed by atoms with Crippen LogP contribution in [-0.2, 0) is 12.3 Å². The molecule has 7 heteroatoms. The monoisotopic (exact) mass is 376 g/mol. The molecule has 0 radical (unpaired) electrons. The number of halogens is 2. The van der Waals surface area contributed by atoms with Gasteiger partial charge in [0, 0.05) is 17.9 Å². The molecule has 3 rings (SSSR count). The molecule has 0 aliphatic carbocycles. The van der Waals surface area contributed by atoms with E-state index in [1.165, 1.54) is 0 Å². The lowest BCUT2D eigenvalue weighted by Crippen LogP contribution is -2.00. The van der Waals surface area contributed by atoms with E-state index in [9.17, 15) is 0 Å². The van der Waals surface area contributed by atoms with Crippen molar-refractivity contribution >= 4 is 35.0 Å². The van der Waals surface area contributed by atoms with Crippen molar-refractivity contribution in [3.63, 3.8) is 0 Å². The van der Waals surface area contributed by atoms with E-state index >= 15 is 0 Å². The van der Waals surface area contributed by atoms with E-state index in [1.54, 1.807) is 23.9 Å². The third-order valence-corrected chi connectivity index (χ3v) is 4.68. The van der Waals surface area contributed by atoms with Gasteiger partial charge in [0.2, 0.25) is 0 Å². The highest BCUT2D eigenvalue weighted by Gasteiger charge is 2.13. The molecule has 0 bridgehead atoms. The summed E-state index contributed by atoms with van der Waals surface area (Å²) in [6.07, 6.45) is 1.83. The number of benzene rings is 1. The number of aromatic nitrogens is 4. The second kappa shape index (κ2) is 7.83. The molecule has 0 fully saturated rings. The van der Waals surface area contributed by atoms with Crippen LogP contribution in [0.2, 0.25) is 10.3 Å². The van der Waals surface area contributed by atoms with E-state index < -0.39 is 0 Å². The number of pyridine rings is 1. The molecule has 0 spiro atoms. The van der Waals surface area contributed by atoms with Crippen LogP contribution in [0.3, 0.4) is 0 Å². The van der Waals surface area contributed by atoms with E-state index in [1.807, 2.05) is 41.0 Å². The molecule has 0 atom stereocenters. The summed E-state index contributed by atoms with van der Waals surface area (Å²) in [7, 11) is 0. The highest BCUT2D eigenvalue weighted by molar-refractivity contribution is 7.98. The van der Waals surface area contributed by atoms with Gasteiger partial charge in [0.1, 0.15) is 10.3 Å². The highest BCUT2D eigenvalue weighted by atomic mass is 35.5. The summed E-state index contributed by atoms with van der Waals surface area (Å²) in [4.78, 5) is 3.96. The molecule has 0 N–H and O–H groups in total. The Morgan fingerprint density at radius 2 is 1.79 bits per heavy atom. The molecule has 0 unspecified atom stereocenters. The second-order valence-electron chi connectivity index (χ2n) is 4.98. The van der Waals surface area contributed by atoms with Crippen molar-refractivity contribution in [3.05, 3.63) is 71.0 Å². The molecule has 1 aromatic carbocycles. The fraction of sp³-hybridized carbons (Fsp3) is 0.118. The summed E-state index contributed by atoms with van der Waals surface area (Å²) in [6.45, 7) is 4.46. The van der Waals surface area contributed by atoms with Crippen molar-refractivity contribution < 1.29 is 0 Å². The van der Waals surface area contributed by atoms with Crippen LogP contribution in [0, 0.1) is 0 Å². The van der Waals surface area contributed by atoms with Crippen LogP contribution in [-0.4, -0.2) is 19.7 Å². The van der Waals surface area contributed by atoms with Crippen LogP contribution in [0.25, 0.3) is 11.4 Å². The van der Waals surface area contributed by atoms with Gasteiger partial charge < -0.3 is 0 Å². The summed E-state index contributed by atoms with van der Waals surface area (Å²) < 4.78 is 2.04. The Balaban J connectivity index is 1.85. The first-order valence-electron chi connectivity index (χ1n) is 7.21. The Kier molecular flexibility index (Phi) is 5.56. The third-order valence-electron chi connectivity index (χ3n) is 3.25. The lowest BCUT2D eigenvalue weighted by Gasteiger charge is -2.08. The van der Waals surface area contributed by atoms with Crippen molar-refractivity contribution in [1.29, 1.82) is 0 Å². The number of nitrogens with zero attached hydrogens (tertiary/aromatic N) is 4. The molecular formula is C17H14Cl2N4S. The van der Waals surface area contributed by atoms with Crippen molar-refractivity contribution in [2.45, 2.75) is 17.5 Å². The molecule has 0 saturated heterocycles. The maximum absolute atomic E-state index is 5.95. The predicted octanol–water partition coefficient (Wildman–Crippen LogP) is 5.13. The van der Waals surface area contributed by atoms with Gasteiger partial charge in [-0.05, 0) is 17.7 Å². The average molecular weight is 377 g/mol. The maximum atomic E-state index is 5.95. The summed E-state index contributed by atoms with van der Waals surface area (Å²) >= 11 is 13.5. The highest BCUT2D eigenvalue weighted by Crippen LogP contribution is 2.27. The Labute approximate surface area is 154 Å². The SMILES string of the molecule is C=CCn1c(SCc2cc(Cl)nc(Cl)c2)nnc1-c1ccccc1. The van der Waals surface area contributed by atoms with Gasteiger partial charge in [0.05, 0.1) is 0 Å². The molecular weight excluding hydrogens is 363 g/mol. The first-order chi connectivity index (χ1) is 11.7. The minimum atomic E-state index is 0.385. The van der Waals surface area contributed by atoms with E-state index in [-0.39, 0.29) is 0 Å². The maximum Gasteiger partial charge on any atom is 0.192 e. The Hall–Kier alpha value is -1.82. The first kappa shape index (κ1) is 17.0. The van der Waals surface area contributed by atoms with Crippen LogP contribution < -0.4 is 0 Å². The van der Waals surface area contributed by atoms with Gasteiger partial charge in [-0.2, -0.15) is 0 Å². The number of rotatable bonds is 6. The molecule has 0 aliphatic heterocycles. The van der Waals surface area contributed by atoms with Gasteiger partial charge in [-0.15, -0.1) is 16.8 Å². The van der Waals surface area contributed by atoms with Crippen molar-refractivity contribution in [1.82, 2.24) is 19.7 Å². The van der Waals surface area contributed by atoms with E-state index in [0.717, 1.165) is 22.1 Å². The number of thioether (sulfide) groups is 1. The molecule has 0 amide bonds. The van der Waals surface area contributed by atoms with Gasteiger partial charge in [0.25, 0.3) is 0 Å². The van der Waals surface area contributed by atoms with Gasteiger partial charge in [-0.1, -0.05) is 71.4 Å². The standard InChI is InChI=1S/C17H14Cl2N4S/c1-2-8-23-16(13-6-4-3-5-7-13)21-22-17(23)24-11-12-9-14(18)20-15(19)10-12/h2-7,9-10H,1,8,11H2. The van der Waals surface area contributed by atoms with E-state index in [0.29, 0.717) is 22.6 Å². The molecule has 3 aromatic rings. The Morgan fingerprint density at radius 3 is 2.46 bits per heavy atom. The molecule has 0 aliphatic rings. The molecule has 122 valence electrons. The predicted molar refractivity (Wildman–Crippen MR) is 99.5 cm³/mol. The second-order valence-corrected chi connectivity index (χ2v) is 6.70. The van der Waals surface area contributed by atoms with Crippen LogP contribution in [0.1, 0.15) is 5.56 Å². The molecule has 2 aromatic heterocycles. The number of allylic oxidation sites excluding steroid dienone is 1. The zero-order valence-corrected chi connectivity index (χ0v) is 15.0. The Morgan fingerprint density at radius 1 is 1.08 bits per heavy atom. The summed E-state index contributed by atoms with van der Waals surface area (Å²) in [6, 6.07) is 13.6. The van der Waals surface area contributed by atoms with E-state index in [4.69, 9.17) is 23.2 Å². The van der Waals surface area contributed by atoms with Crippen LogP contribution in [0.15, 0.2) is 60.3 Å². The first-order valence-corrected chi connectivity index (χ1v) is 8.96. The largest absolute Gasteiger partial charge is 0.298 e. The number of hydrogen-bond donors (Lipinski definition) is 0. The molecule has 4 nitrogen and oxygen atoms in total. The van der Waals surface area contributed by atoms with E-state index in [2.05, 4.69) is 21.8 Å².